The molecule has 0 aliphatic rings. The second-order valence-electron chi connectivity index (χ2n) is 6.78. The zero-order valence-electron chi connectivity index (χ0n) is 16.6. The van der Waals surface area contributed by atoms with Crippen LogP contribution in [0.2, 0.25) is 0 Å². The number of aromatic nitrogens is 2. The van der Waals surface area contributed by atoms with Crippen LogP contribution in [0.25, 0.3) is 0 Å². The maximum Gasteiger partial charge on any atom is 0.276 e. The number of amides is 1. The third kappa shape index (κ3) is 6.58. The first-order valence-electron chi connectivity index (χ1n) is 9.47. The van der Waals surface area contributed by atoms with Crippen LogP contribution >= 0.6 is 0 Å². The first-order valence-corrected chi connectivity index (χ1v) is 9.47. The monoisotopic (exact) mass is 391 g/mol. The molecule has 150 valence electrons. The normalized spacial score (nSPS) is 10.6. The van der Waals surface area contributed by atoms with Crippen molar-refractivity contribution in [1.82, 2.24) is 15.1 Å². The minimum Gasteiger partial charge on any atom is -0.457 e. The van der Waals surface area contributed by atoms with Crippen LogP contribution in [0.4, 0.5) is 11.5 Å². The lowest BCUT2D eigenvalue weighted by Crippen LogP contribution is -2.17. The number of nitrogens with one attached hydrogen (secondary N) is 2. The van der Waals surface area contributed by atoms with Gasteiger partial charge in [-0.3, -0.25) is 4.79 Å². The van der Waals surface area contributed by atoms with Gasteiger partial charge in [0.05, 0.1) is 0 Å². The van der Waals surface area contributed by atoms with E-state index in [9.17, 15) is 4.79 Å². The average molecular weight is 391 g/mol. The molecule has 3 aromatic rings. The van der Waals surface area contributed by atoms with Crippen molar-refractivity contribution in [3.63, 3.8) is 0 Å². The van der Waals surface area contributed by atoms with E-state index in [2.05, 4.69) is 25.7 Å². The summed E-state index contributed by atoms with van der Waals surface area (Å²) >= 11 is 0. The van der Waals surface area contributed by atoms with Gasteiger partial charge in [0.25, 0.3) is 5.91 Å². The Morgan fingerprint density at radius 2 is 1.66 bits per heavy atom. The maximum atomic E-state index is 12.4. The fourth-order valence-corrected chi connectivity index (χ4v) is 2.59. The van der Waals surface area contributed by atoms with Crippen molar-refractivity contribution in [2.75, 3.05) is 37.8 Å². The van der Waals surface area contributed by atoms with E-state index in [0.29, 0.717) is 17.3 Å². The Kier molecular flexibility index (Phi) is 7.13. The molecule has 0 bridgehead atoms. The summed E-state index contributed by atoms with van der Waals surface area (Å²) in [5.41, 5.74) is 0.913. The van der Waals surface area contributed by atoms with Crippen LogP contribution in [0.3, 0.4) is 0 Å². The summed E-state index contributed by atoms with van der Waals surface area (Å²) in [6.07, 6.45) is 1.00. The molecule has 1 heterocycles. The summed E-state index contributed by atoms with van der Waals surface area (Å²) in [4.78, 5) is 14.5. The van der Waals surface area contributed by atoms with Crippen molar-refractivity contribution in [3.8, 4) is 11.5 Å². The van der Waals surface area contributed by atoms with E-state index >= 15 is 0 Å². The third-order valence-electron chi connectivity index (χ3n) is 4.08. The van der Waals surface area contributed by atoms with Crippen molar-refractivity contribution < 1.29 is 9.53 Å². The topological polar surface area (TPSA) is 79.4 Å². The van der Waals surface area contributed by atoms with Gasteiger partial charge in [-0.2, -0.15) is 0 Å². The van der Waals surface area contributed by atoms with Gasteiger partial charge >= 0.3 is 0 Å². The fourth-order valence-electron chi connectivity index (χ4n) is 2.59. The highest BCUT2D eigenvalue weighted by atomic mass is 16.5. The number of anilines is 2. The molecule has 0 radical (unpaired) electrons. The standard InChI is InChI=1S/C22H25N5O2/c1-27(2)16-6-15-23-21-14-13-20(25-26-21)22(28)24-17-9-11-19(12-10-17)29-18-7-4-3-5-8-18/h3-5,7-14H,6,15-16H2,1-2H3,(H,23,26)(H,24,28). The first kappa shape index (κ1) is 20.3. The minimum atomic E-state index is -0.312. The van der Waals surface area contributed by atoms with E-state index in [1.54, 1.807) is 36.4 Å². The smallest absolute Gasteiger partial charge is 0.276 e. The van der Waals surface area contributed by atoms with E-state index in [0.717, 1.165) is 25.3 Å². The molecule has 7 heteroatoms. The largest absolute Gasteiger partial charge is 0.457 e. The lowest BCUT2D eigenvalue weighted by atomic mass is 10.2. The first-order chi connectivity index (χ1) is 14.1. The quantitative estimate of drug-likeness (QED) is 0.539. The molecular formula is C22H25N5O2. The van der Waals surface area contributed by atoms with Crippen LogP contribution < -0.4 is 15.4 Å². The Bertz CT molecular complexity index is 897. The van der Waals surface area contributed by atoms with E-state index in [1.165, 1.54) is 0 Å². The lowest BCUT2D eigenvalue weighted by Gasteiger charge is -2.10. The molecule has 0 saturated heterocycles. The van der Waals surface area contributed by atoms with E-state index in [4.69, 9.17) is 4.74 Å². The fraction of sp³-hybridized carbons (Fsp3) is 0.227. The predicted octanol–water partition coefficient (Wildman–Crippen LogP) is 3.88. The molecule has 0 unspecified atom stereocenters. The van der Waals surface area contributed by atoms with Crippen molar-refractivity contribution >= 4 is 17.4 Å². The summed E-state index contributed by atoms with van der Waals surface area (Å²) in [5, 5.41) is 14.1. The zero-order chi connectivity index (χ0) is 20.5. The molecule has 2 aromatic carbocycles. The molecule has 0 fully saturated rings. The molecule has 0 atom stereocenters. The number of para-hydroxylation sites is 1. The SMILES string of the molecule is CN(C)CCCNc1ccc(C(=O)Nc2ccc(Oc3ccccc3)cc2)nn1. The van der Waals surface area contributed by atoms with E-state index in [-0.39, 0.29) is 11.6 Å². The number of hydrogen-bond donors (Lipinski definition) is 2. The Morgan fingerprint density at radius 1 is 0.931 bits per heavy atom. The molecule has 0 saturated carbocycles. The van der Waals surface area contributed by atoms with Crippen LogP contribution in [0.5, 0.6) is 11.5 Å². The summed E-state index contributed by atoms with van der Waals surface area (Å²) in [6.45, 7) is 1.80. The Balaban J connectivity index is 1.50. The highest BCUT2D eigenvalue weighted by Gasteiger charge is 2.09. The van der Waals surface area contributed by atoms with Crippen molar-refractivity contribution in [2.24, 2.45) is 0 Å². The van der Waals surface area contributed by atoms with Crippen LogP contribution in [0, 0.1) is 0 Å². The number of hydrogen-bond acceptors (Lipinski definition) is 6. The number of benzene rings is 2. The minimum absolute atomic E-state index is 0.258. The maximum absolute atomic E-state index is 12.4. The van der Waals surface area contributed by atoms with Gasteiger partial charge in [0.15, 0.2) is 5.69 Å². The number of carbonyl (C=O) groups is 1. The van der Waals surface area contributed by atoms with Gasteiger partial charge in [-0.05, 0) is 75.6 Å². The summed E-state index contributed by atoms with van der Waals surface area (Å²) in [7, 11) is 4.08. The van der Waals surface area contributed by atoms with Crippen LogP contribution in [0.1, 0.15) is 16.9 Å². The van der Waals surface area contributed by atoms with Crippen molar-refractivity contribution in [3.05, 3.63) is 72.4 Å². The third-order valence-corrected chi connectivity index (χ3v) is 4.08. The summed E-state index contributed by atoms with van der Waals surface area (Å²) < 4.78 is 5.74. The van der Waals surface area contributed by atoms with Gasteiger partial charge in [-0.25, -0.2) is 0 Å². The lowest BCUT2D eigenvalue weighted by molar-refractivity contribution is 0.102. The Hall–Kier alpha value is -3.45. The van der Waals surface area contributed by atoms with E-state index < -0.39 is 0 Å². The molecule has 1 amide bonds. The highest BCUT2D eigenvalue weighted by Crippen LogP contribution is 2.22. The molecule has 3 rings (SSSR count). The number of carbonyl (C=O) groups excluding carboxylic acids is 1. The van der Waals surface area contributed by atoms with Crippen molar-refractivity contribution in [2.45, 2.75) is 6.42 Å². The number of ether oxygens (including phenoxy) is 1. The molecule has 7 nitrogen and oxygen atoms in total. The van der Waals surface area contributed by atoms with Gasteiger partial charge in [0.1, 0.15) is 17.3 Å². The molecule has 1 aromatic heterocycles. The van der Waals surface area contributed by atoms with Gasteiger partial charge in [0, 0.05) is 12.2 Å². The van der Waals surface area contributed by atoms with Crippen LogP contribution in [-0.4, -0.2) is 48.2 Å². The van der Waals surface area contributed by atoms with Gasteiger partial charge < -0.3 is 20.3 Å². The predicted molar refractivity (Wildman–Crippen MR) is 115 cm³/mol. The van der Waals surface area contributed by atoms with Crippen LogP contribution in [0.15, 0.2) is 66.7 Å². The molecule has 29 heavy (non-hydrogen) atoms. The number of nitrogens with zero attached hydrogens (tertiary/aromatic N) is 3. The second kappa shape index (κ2) is 10.2. The molecule has 2 N–H and O–H groups in total. The Labute approximate surface area is 170 Å². The zero-order valence-corrected chi connectivity index (χ0v) is 16.6. The van der Waals surface area contributed by atoms with Gasteiger partial charge in [0.2, 0.25) is 0 Å². The molecule has 0 spiro atoms. The van der Waals surface area contributed by atoms with E-state index in [1.807, 2.05) is 44.4 Å². The van der Waals surface area contributed by atoms with Crippen LogP contribution in [-0.2, 0) is 0 Å². The average Bonchev–Trinajstić information content (AvgIpc) is 2.74. The second-order valence-corrected chi connectivity index (χ2v) is 6.78. The summed E-state index contributed by atoms with van der Waals surface area (Å²) in [5.74, 6) is 1.80. The highest BCUT2D eigenvalue weighted by molar-refractivity contribution is 6.02. The molecular weight excluding hydrogens is 366 g/mol. The van der Waals surface area contributed by atoms with Gasteiger partial charge in [-0.15, -0.1) is 10.2 Å². The van der Waals surface area contributed by atoms with Crippen molar-refractivity contribution in [1.29, 1.82) is 0 Å². The van der Waals surface area contributed by atoms with Gasteiger partial charge in [-0.1, -0.05) is 18.2 Å². The summed E-state index contributed by atoms with van der Waals surface area (Å²) in [6, 6.07) is 20.1. The molecule has 0 aliphatic heterocycles. The molecule has 0 aliphatic carbocycles. The number of rotatable bonds is 9. The Morgan fingerprint density at radius 3 is 2.31 bits per heavy atom.